The summed E-state index contributed by atoms with van der Waals surface area (Å²) in [4.78, 5) is 0. The molecule has 0 amide bonds. The van der Waals surface area contributed by atoms with Crippen molar-refractivity contribution in [2.75, 3.05) is 0 Å². The van der Waals surface area contributed by atoms with Crippen LogP contribution in [0.4, 0.5) is 0 Å². The third kappa shape index (κ3) is 3.54. The van der Waals surface area contributed by atoms with E-state index in [1.54, 1.807) is 0 Å². The molecule has 0 bridgehead atoms. The highest BCUT2D eigenvalue weighted by atomic mass is 14.1. The summed E-state index contributed by atoms with van der Waals surface area (Å²) in [7, 11) is 0. The van der Waals surface area contributed by atoms with Crippen molar-refractivity contribution in [1.82, 2.24) is 0 Å². The molecule has 0 spiro atoms. The van der Waals surface area contributed by atoms with E-state index >= 15 is 0 Å². The van der Waals surface area contributed by atoms with E-state index in [0.717, 1.165) is 6.42 Å². The number of benzene rings is 1. The van der Waals surface area contributed by atoms with Crippen molar-refractivity contribution >= 4 is 5.57 Å². The van der Waals surface area contributed by atoms with E-state index in [1.165, 1.54) is 29.5 Å². The molecule has 0 saturated heterocycles. The minimum Gasteiger partial charge on any atom is -0.0952 e. The summed E-state index contributed by atoms with van der Waals surface area (Å²) >= 11 is 0. The molecule has 1 aromatic rings. The zero-order chi connectivity index (χ0) is 11.3. The van der Waals surface area contributed by atoms with Crippen LogP contribution in [0.25, 0.3) is 5.57 Å². The first kappa shape index (κ1) is 12.0. The lowest BCUT2D eigenvalue weighted by Crippen LogP contribution is -1.90. The molecule has 0 atom stereocenters. The largest absolute Gasteiger partial charge is 0.0952 e. The van der Waals surface area contributed by atoms with Crippen molar-refractivity contribution < 1.29 is 0 Å². The van der Waals surface area contributed by atoms with Crippen LogP contribution >= 0.6 is 0 Å². The molecule has 1 rings (SSSR count). The Bertz CT molecular complexity index is 321. The quantitative estimate of drug-likeness (QED) is 0.629. The maximum absolute atomic E-state index is 4.16. The van der Waals surface area contributed by atoms with Crippen LogP contribution in [0.5, 0.6) is 0 Å². The van der Waals surface area contributed by atoms with Gasteiger partial charge in [-0.05, 0) is 35.5 Å². The highest BCUT2D eigenvalue weighted by molar-refractivity contribution is 5.63. The Kier molecular flexibility index (Phi) is 4.61. The average Bonchev–Trinajstić information content (AvgIpc) is 2.26. The first-order valence-corrected chi connectivity index (χ1v) is 5.93. The van der Waals surface area contributed by atoms with Crippen molar-refractivity contribution in [3.05, 3.63) is 42.0 Å². The molecule has 0 aliphatic carbocycles. The van der Waals surface area contributed by atoms with Gasteiger partial charge in [0, 0.05) is 0 Å². The normalized spacial score (nSPS) is 10.7. The molecule has 0 heterocycles. The van der Waals surface area contributed by atoms with Gasteiger partial charge in [-0.3, -0.25) is 0 Å². The predicted octanol–water partition coefficient (Wildman–Crippen LogP) is 5.01. The lowest BCUT2D eigenvalue weighted by Gasteiger charge is -2.10. The van der Waals surface area contributed by atoms with E-state index in [1.807, 2.05) is 0 Å². The molecule has 0 N–H and O–H groups in total. The van der Waals surface area contributed by atoms with E-state index in [2.05, 4.69) is 51.6 Å². The second-order valence-electron chi connectivity index (χ2n) is 4.49. The van der Waals surface area contributed by atoms with Gasteiger partial charge in [0.15, 0.2) is 0 Å². The zero-order valence-corrected chi connectivity index (χ0v) is 10.2. The lowest BCUT2D eigenvalue weighted by atomic mass is 9.96. The number of hydrogen-bond acceptors (Lipinski definition) is 0. The molecule has 0 aromatic heterocycles. The van der Waals surface area contributed by atoms with Crippen LogP contribution in [0.3, 0.4) is 0 Å². The van der Waals surface area contributed by atoms with Gasteiger partial charge >= 0.3 is 0 Å². The summed E-state index contributed by atoms with van der Waals surface area (Å²) in [5.41, 5.74) is 4.00. The fourth-order valence-corrected chi connectivity index (χ4v) is 1.65. The van der Waals surface area contributed by atoms with Gasteiger partial charge in [-0.25, -0.2) is 0 Å². The van der Waals surface area contributed by atoms with Crippen LogP contribution in [0.1, 0.15) is 57.1 Å². The second kappa shape index (κ2) is 5.75. The summed E-state index contributed by atoms with van der Waals surface area (Å²) in [6.45, 7) is 10.8. The van der Waals surface area contributed by atoms with E-state index in [9.17, 15) is 0 Å². The van der Waals surface area contributed by atoms with Crippen LogP contribution < -0.4 is 0 Å². The van der Waals surface area contributed by atoms with Crippen LogP contribution in [-0.2, 0) is 0 Å². The highest BCUT2D eigenvalue weighted by Crippen LogP contribution is 2.22. The molecule has 0 fully saturated rings. The zero-order valence-electron chi connectivity index (χ0n) is 10.2. The van der Waals surface area contributed by atoms with Crippen LogP contribution in [0, 0.1) is 0 Å². The van der Waals surface area contributed by atoms with Gasteiger partial charge in [-0.2, -0.15) is 0 Å². The topological polar surface area (TPSA) is 0 Å². The van der Waals surface area contributed by atoms with E-state index in [0.29, 0.717) is 5.92 Å². The Morgan fingerprint density at radius 2 is 2.07 bits per heavy atom. The first-order chi connectivity index (χ1) is 7.15. The van der Waals surface area contributed by atoms with Gasteiger partial charge < -0.3 is 0 Å². The van der Waals surface area contributed by atoms with Gasteiger partial charge in [-0.15, -0.1) is 0 Å². The SMILES string of the molecule is C=C(CCCC)c1cccc(C(C)C)c1. The van der Waals surface area contributed by atoms with Crippen LogP contribution in [0.15, 0.2) is 30.8 Å². The van der Waals surface area contributed by atoms with E-state index < -0.39 is 0 Å². The highest BCUT2D eigenvalue weighted by Gasteiger charge is 2.02. The standard InChI is InChI=1S/C15H22/c1-5-6-8-13(4)15-10-7-9-14(11-15)12(2)3/h7,9-12H,4-6,8H2,1-3H3. The number of rotatable bonds is 5. The first-order valence-electron chi connectivity index (χ1n) is 5.93. The molecule has 0 aliphatic rings. The van der Waals surface area contributed by atoms with E-state index in [-0.39, 0.29) is 0 Å². The molecular weight excluding hydrogens is 180 g/mol. The minimum atomic E-state index is 0.601. The Hall–Kier alpha value is -1.04. The molecule has 1 aromatic carbocycles. The fourth-order valence-electron chi connectivity index (χ4n) is 1.65. The van der Waals surface area contributed by atoms with Gasteiger partial charge in [-0.1, -0.05) is 58.0 Å². The summed E-state index contributed by atoms with van der Waals surface area (Å²) in [6.07, 6.45) is 3.60. The van der Waals surface area contributed by atoms with Crippen LogP contribution in [0.2, 0.25) is 0 Å². The van der Waals surface area contributed by atoms with Gasteiger partial charge in [0.25, 0.3) is 0 Å². The predicted molar refractivity (Wildman–Crippen MR) is 69.1 cm³/mol. The van der Waals surface area contributed by atoms with Crippen molar-refractivity contribution in [3.8, 4) is 0 Å². The Labute approximate surface area is 94.0 Å². The summed E-state index contributed by atoms with van der Waals surface area (Å²) in [6, 6.07) is 8.79. The number of allylic oxidation sites excluding steroid dienone is 1. The van der Waals surface area contributed by atoms with Crippen molar-refractivity contribution in [3.63, 3.8) is 0 Å². The minimum absolute atomic E-state index is 0.601. The number of hydrogen-bond donors (Lipinski definition) is 0. The molecular formula is C15H22. The van der Waals surface area contributed by atoms with Crippen molar-refractivity contribution in [2.45, 2.75) is 46.0 Å². The van der Waals surface area contributed by atoms with Gasteiger partial charge in [0.05, 0.1) is 0 Å². The van der Waals surface area contributed by atoms with Gasteiger partial charge in [0.1, 0.15) is 0 Å². The van der Waals surface area contributed by atoms with Crippen LogP contribution in [-0.4, -0.2) is 0 Å². The third-order valence-electron chi connectivity index (χ3n) is 2.79. The molecule has 82 valence electrons. The smallest absolute Gasteiger partial charge is 0.0219 e. The average molecular weight is 202 g/mol. The third-order valence-corrected chi connectivity index (χ3v) is 2.79. The monoisotopic (exact) mass is 202 g/mol. The molecule has 15 heavy (non-hydrogen) atoms. The lowest BCUT2D eigenvalue weighted by molar-refractivity contribution is 0.824. The molecule has 0 heteroatoms. The summed E-state index contributed by atoms with van der Waals surface area (Å²) < 4.78 is 0. The summed E-state index contributed by atoms with van der Waals surface area (Å²) in [5, 5.41) is 0. The molecule has 0 nitrogen and oxygen atoms in total. The van der Waals surface area contributed by atoms with Gasteiger partial charge in [0.2, 0.25) is 0 Å². The van der Waals surface area contributed by atoms with E-state index in [4.69, 9.17) is 0 Å². The molecule has 0 radical (unpaired) electrons. The number of unbranched alkanes of at least 4 members (excludes halogenated alkanes) is 1. The Morgan fingerprint density at radius 3 is 2.67 bits per heavy atom. The molecule has 0 unspecified atom stereocenters. The fraction of sp³-hybridized carbons (Fsp3) is 0.467. The van der Waals surface area contributed by atoms with Crippen molar-refractivity contribution in [2.24, 2.45) is 0 Å². The molecule has 0 saturated carbocycles. The molecule has 0 aliphatic heterocycles. The van der Waals surface area contributed by atoms with Crippen molar-refractivity contribution in [1.29, 1.82) is 0 Å². The Morgan fingerprint density at radius 1 is 1.33 bits per heavy atom. The maximum atomic E-state index is 4.16. The maximum Gasteiger partial charge on any atom is -0.0219 e. The Balaban J connectivity index is 2.76. The second-order valence-corrected chi connectivity index (χ2v) is 4.49. The summed E-state index contributed by atoms with van der Waals surface area (Å²) in [5.74, 6) is 0.601.